The van der Waals surface area contributed by atoms with Crippen LogP contribution in [0.2, 0.25) is 0 Å². The van der Waals surface area contributed by atoms with Gasteiger partial charge in [-0.25, -0.2) is 18.1 Å². The SMILES string of the molecule is COc1ccc(CN2C(=O)C3=C[C@](C)(CNS(=O)(=O)c4ccc(C(F)(F)F)cn4)C[C@H]4CC[C@@H]2[C@@]34O)cc1. The summed E-state index contributed by atoms with van der Waals surface area (Å²) in [6.07, 6.45) is -0.746. The van der Waals surface area contributed by atoms with Crippen LogP contribution in [0.15, 0.2) is 59.3 Å². The lowest BCUT2D eigenvalue weighted by Crippen LogP contribution is -2.49. The number of aromatic nitrogens is 1. The van der Waals surface area contributed by atoms with E-state index in [9.17, 15) is 31.5 Å². The Labute approximate surface area is 218 Å². The first-order valence-corrected chi connectivity index (χ1v) is 13.7. The number of amides is 1. The molecule has 2 fully saturated rings. The van der Waals surface area contributed by atoms with Crippen molar-refractivity contribution in [3.8, 4) is 5.75 Å². The van der Waals surface area contributed by atoms with E-state index in [4.69, 9.17) is 4.74 Å². The molecule has 0 bridgehead atoms. The van der Waals surface area contributed by atoms with Gasteiger partial charge in [-0.1, -0.05) is 25.1 Å². The third kappa shape index (κ3) is 4.48. The molecule has 2 aromatic rings. The summed E-state index contributed by atoms with van der Waals surface area (Å²) in [4.78, 5) is 18.7. The van der Waals surface area contributed by atoms with Crippen molar-refractivity contribution in [2.75, 3.05) is 13.7 Å². The van der Waals surface area contributed by atoms with E-state index in [1.54, 1.807) is 25.0 Å². The number of hydrogen-bond acceptors (Lipinski definition) is 6. The van der Waals surface area contributed by atoms with E-state index in [-0.39, 0.29) is 30.0 Å². The lowest BCUT2D eigenvalue weighted by molar-refractivity contribution is -0.137. The van der Waals surface area contributed by atoms with Gasteiger partial charge in [-0.2, -0.15) is 13.2 Å². The Morgan fingerprint density at radius 1 is 1.18 bits per heavy atom. The van der Waals surface area contributed by atoms with E-state index in [1.165, 1.54) is 0 Å². The average Bonchev–Trinajstić information content (AvgIpc) is 3.30. The summed E-state index contributed by atoms with van der Waals surface area (Å²) in [6.45, 7) is 2.02. The number of ether oxygens (including phenoxy) is 1. The maximum atomic E-state index is 13.5. The minimum atomic E-state index is -4.63. The number of hydrogen-bond donors (Lipinski definition) is 2. The molecule has 8 nitrogen and oxygen atoms in total. The summed E-state index contributed by atoms with van der Waals surface area (Å²) in [6, 6.07) is 8.46. The molecule has 3 aliphatic rings. The van der Waals surface area contributed by atoms with Crippen LogP contribution in [-0.2, 0) is 27.5 Å². The third-order valence-corrected chi connectivity index (χ3v) is 9.26. The molecule has 2 N–H and O–H groups in total. The number of benzene rings is 1. The molecule has 5 rings (SSSR count). The Hall–Kier alpha value is -2.96. The summed E-state index contributed by atoms with van der Waals surface area (Å²) in [7, 11) is -2.64. The first-order chi connectivity index (χ1) is 17.8. The Morgan fingerprint density at radius 2 is 1.89 bits per heavy atom. The van der Waals surface area contributed by atoms with Gasteiger partial charge in [0.1, 0.15) is 11.4 Å². The van der Waals surface area contributed by atoms with Gasteiger partial charge >= 0.3 is 6.18 Å². The molecule has 2 aliphatic carbocycles. The standard InChI is InChI=1S/C26H28F3N3O5S/c1-24(15-31-38(35,36)22-10-6-18(13-30-22)26(27,28)29)11-17-5-9-21-25(17,34)20(12-24)23(33)32(21)14-16-3-7-19(37-2)8-4-16/h3-4,6-8,10,12-13,17,21,31,34H,5,9,11,14-15H2,1-2H3/t17-,21-,24-,25+/m1/s1. The van der Waals surface area contributed by atoms with E-state index in [1.807, 2.05) is 24.3 Å². The second-order valence-electron chi connectivity index (χ2n) is 10.5. The Kier molecular flexibility index (Phi) is 6.35. The molecular weight excluding hydrogens is 523 g/mol. The number of carbonyl (C=O) groups is 1. The monoisotopic (exact) mass is 551 g/mol. The molecule has 0 unspecified atom stereocenters. The van der Waals surface area contributed by atoms with Crippen LogP contribution in [0.5, 0.6) is 5.75 Å². The summed E-state index contributed by atoms with van der Waals surface area (Å²) in [5, 5.41) is 11.2. The van der Waals surface area contributed by atoms with E-state index >= 15 is 0 Å². The largest absolute Gasteiger partial charge is 0.497 e. The first-order valence-electron chi connectivity index (χ1n) is 12.2. The number of halogens is 3. The van der Waals surface area contributed by atoms with Gasteiger partial charge in [-0.3, -0.25) is 4.79 Å². The first kappa shape index (κ1) is 26.6. The van der Waals surface area contributed by atoms with Gasteiger partial charge in [0.2, 0.25) is 0 Å². The van der Waals surface area contributed by atoms with Crippen molar-refractivity contribution < 1.29 is 36.2 Å². The third-order valence-electron chi connectivity index (χ3n) is 7.94. The van der Waals surface area contributed by atoms with Gasteiger partial charge in [0, 0.05) is 30.3 Å². The molecule has 0 radical (unpaired) electrons. The molecular formula is C26H28F3N3O5S. The van der Waals surface area contributed by atoms with Crippen LogP contribution in [0.1, 0.15) is 37.3 Å². The molecule has 1 saturated carbocycles. The van der Waals surface area contributed by atoms with Crippen molar-refractivity contribution in [3.63, 3.8) is 0 Å². The molecule has 1 aromatic carbocycles. The highest BCUT2D eigenvalue weighted by atomic mass is 32.2. The predicted octanol–water partition coefficient (Wildman–Crippen LogP) is 3.28. The van der Waals surface area contributed by atoms with E-state index in [0.29, 0.717) is 43.8 Å². The lowest BCUT2D eigenvalue weighted by Gasteiger charge is -2.41. The number of methoxy groups -OCH3 is 1. The predicted molar refractivity (Wildman–Crippen MR) is 130 cm³/mol. The van der Waals surface area contributed by atoms with Crippen LogP contribution >= 0.6 is 0 Å². The highest BCUT2D eigenvalue weighted by Crippen LogP contribution is 2.57. The zero-order valence-electron chi connectivity index (χ0n) is 20.8. The Morgan fingerprint density at radius 3 is 2.50 bits per heavy atom. The van der Waals surface area contributed by atoms with Crippen LogP contribution in [0.3, 0.4) is 0 Å². The van der Waals surface area contributed by atoms with E-state index in [0.717, 1.165) is 11.6 Å². The van der Waals surface area contributed by atoms with Crippen LogP contribution in [0, 0.1) is 11.3 Å². The topological polar surface area (TPSA) is 109 Å². The van der Waals surface area contributed by atoms with Crippen LogP contribution in [0.25, 0.3) is 0 Å². The molecule has 1 saturated heterocycles. The minimum Gasteiger partial charge on any atom is -0.497 e. The summed E-state index contributed by atoms with van der Waals surface area (Å²) >= 11 is 0. The average molecular weight is 552 g/mol. The molecule has 4 atom stereocenters. The number of alkyl halides is 3. The molecule has 12 heteroatoms. The smallest absolute Gasteiger partial charge is 0.417 e. The van der Waals surface area contributed by atoms with E-state index in [2.05, 4.69) is 9.71 Å². The zero-order valence-corrected chi connectivity index (χ0v) is 21.6. The van der Waals surface area contributed by atoms with Crippen molar-refractivity contribution in [3.05, 3.63) is 65.4 Å². The van der Waals surface area contributed by atoms with Gasteiger partial charge in [0.25, 0.3) is 15.9 Å². The number of nitrogens with one attached hydrogen (secondary N) is 1. The fourth-order valence-corrected chi connectivity index (χ4v) is 7.12. The van der Waals surface area contributed by atoms with E-state index < -0.39 is 37.8 Å². The molecule has 1 amide bonds. The zero-order chi connectivity index (χ0) is 27.5. The summed E-state index contributed by atoms with van der Waals surface area (Å²) in [5.74, 6) is 0.175. The van der Waals surface area contributed by atoms with Crippen molar-refractivity contribution in [2.24, 2.45) is 11.3 Å². The number of rotatable bonds is 7. The number of aliphatic hydroxyl groups is 1. The quantitative estimate of drug-likeness (QED) is 0.547. The molecule has 0 spiro atoms. The molecule has 204 valence electrons. The maximum Gasteiger partial charge on any atom is 0.417 e. The fourth-order valence-electron chi connectivity index (χ4n) is 6.01. The second-order valence-corrected chi connectivity index (χ2v) is 12.2. The van der Waals surface area contributed by atoms with Gasteiger partial charge in [-0.05, 0) is 55.0 Å². The van der Waals surface area contributed by atoms with Crippen molar-refractivity contribution in [1.82, 2.24) is 14.6 Å². The van der Waals surface area contributed by atoms with Crippen LogP contribution in [0.4, 0.5) is 13.2 Å². The highest BCUT2D eigenvalue weighted by Gasteiger charge is 2.64. The van der Waals surface area contributed by atoms with Crippen LogP contribution < -0.4 is 9.46 Å². The van der Waals surface area contributed by atoms with Crippen molar-refractivity contribution >= 4 is 15.9 Å². The van der Waals surface area contributed by atoms with Crippen LogP contribution in [-0.4, -0.2) is 54.6 Å². The second kappa shape index (κ2) is 9.06. The van der Waals surface area contributed by atoms with Gasteiger partial charge < -0.3 is 14.7 Å². The fraction of sp³-hybridized carbons (Fsp3) is 0.462. The van der Waals surface area contributed by atoms with Crippen molar-refractivity contribution in [2.45, 2.75) is 55.6 Å². The number of carbonyl (C=O) groups excluding carboxylic acids is 1. The number of sulfonamides is 1. The molecule has 2 heterocycles. The molecule has 38 heavy (non-hydrogen) atoms. The Balaban J connectivity index is 1.36. The highest BCUT2D eigenvalue weighted by molar-refractivity contribution is 7.89. The Bertz CT molecular complexity index is 1380. The number of nitrogens with zero attached hydrogens (tertiary/aromatic N) is 2. The summed E-state index contributed by atoms with van der Waals surface area (Å²) in [5.41, 5.74) is -1.98. The van der Waals surface area contributed by atoms with Gasteiger partial charge in [-0.15, -0.1) is 0 Å². The maximum absolute atomic E-state index is 13.5. The summed E-state index contributed by atoms with van der Waals surface area (Å²) < 4.78 is 71.6. The molecule has 1 aliphatic heterocycles. The molecule has 1 aromatic heterocycles. The normalized spacial score (nSPS) is 28.8. The van der Waals surface area contributed by atoms with Crippen molar-refractivity contribution in [1.29, 1.82) is 0 Å². The van der Waals surface area contributed by atoms with Gasteiger partial charge in [0.15, 0.2) is 5.03 Å². The van der Waals surface area contributed by atoms with Gasteiger partial charge in [0.05, 0.1) is 18.7 Å². The lowest BCUT2D eigenvalue weighted by atomic mass is 9.66. The number of likely N-dealkylation sites (tertiary alicyclic amines) is 1. The minimum absolute atomic E-state index is 0.107. The number of pyridine rings is 1.